The number of aliphatic hydroxyl groups is 1. The van der Waals surface area contributed by atoms with Crippen molar-refractivity contribution >= 4 is 0 Å². The molecule has 1 N–H and O–H groups in total. The highest BCUT2D eigenvalue weighted by Crippen LogP contribution is 2.11. The zero-order valence-electron chi connectivity index (χ0n) is 13.2. The van der Waals surface area contributed by atoms with Crippen molar-refractivity contribution in [1.82, 2.24) is 4.90 Å². The summed E-state index contributed by atoms with van der Waals surface area (Å²) in [4.78, 5) is 2.35. The van der Waals surface area contributed by atoms with Gasteiger partial charge >= 0.3 is 0 Å². The molecule has 0 amide bonds. The van der Waals surface area contributed by atoms with E-state index in [4.69, 9.17) is 0 Å². The first-order chi connectivity index (χ1) is 9.51. The lowest BCUT2D eigenvalue weighted by Gasteiger charge is -2.26. The molecule has 2 nitrogen and oxygen atoms in total. The molecular formula is C18H29NO. The molecule has 112 valence electrons. The molecule has 0 radical (unpaired) electrons. The Morgan fingerprint density at radius 1 is 1.20 bits per heavy atom. The summed E-state index contributed by atoms with van der Waals surface area (Å²) >= 11 is 0. The summed E-state index contributed by atoms with van der Waals surface area (Å²) in [6.07, 6.45) is 3.28. The van der Waals surface area contributed by atoms with E-state index >= 15 is 0 Å². The smallest absolute Gasteiger partial charge is 0.0670 e. The van der Waals surface area contributed by atoms with Gasteiger partial charge in [-0.3, -0.25) is 4.90 Å². The average Bonchev–Trinajstić information content (AvgIpc) is 2.38. The number of benzene rings is 1. The first-order valence-corrected chi connectivity index (χ1v) is 7.58. The van der Waals surface area contributed by atoms with Crippen LogP contribution >= 0.6 is 0 Å². The van der Waals surface area contributed by atoms with Crippen molar-refractivity contribution in [2.75, 3.05) is 13.1 Å². The predicted molar refractivity (Wildman–Crippen MR) is 86.7 cm³/mol. The number of hydrogen-bond acceptors (Lipinski definition) is 2. The SMILES string of the molecule is C=CCC[C@@H](O)CN(Cc1ccc(C)cc1)CC(C)C. The van der Waals surface area contributed by atoms with E-state index in [2.05, 4.69) is 56.5 Å². The maximum Gasteiger partial charge on any atom is 0.0670 e. The van der Waals surface area contributed by atoms with Crippen LogP contribution in [-0.4, -0.2) is 29.2 Å². The minimum Gasteiger partial charge on any atom is -0.392 e. The Kier molecular flexibility index (Phi) is 7.56. The minimum absolute atomic E-state index is 0.266. The van der Waals surface area contributed by atoms with Crippen LogP contribution in [0, 0.1) is 12.8 Å². The van der Waals surface area contributed by atoms with Crippen LogP contribution in [0.5, 0.6) is 0 Å². The van der Waals surface area contributed by atoms with E-state index in [1.165, 1.54) is 11.1 Å². The maximum atomic E-state index is 10.1. The second kappa shape index (κ2) is 8.93. The summed E-state index contributed by atoms with van der Waals surface area (Å²) in [7, 11) is 0. The molecule has 2 heteroatoms. The summed E-state index contributed by atoms with van der Waals surface area (Å²) in [5.74, 6) is 0.604. The van der Waals surface area contributed by atoms with E-state index in [9.17, 15) is 5.11 Å². The molecule has 0 aliphatic heterocycles. The van der Waals surface area contributed by atoms with Crippen LogP contribution in [0.1, 0.15) is 37.8 Å². The first kappa shape index (κ1) is 16.9. The molecule has 1 atom stereocenters. The minimum atomic E-state index is -0.266. The zero-order chi connectivity index (χ0) is 15.0. The van der Waals surface area contributed by atoms with Gasteiger partial charge in [0, 0.05) is 19.6 Å². The quantitative estimate of drug-likeness (QED) is 0.693. The fraction of sp³-hybridized carbons (Fsp3) is 0.556. The second-order valence-electron chi connectivity index (χ2n) is 6.09. The number of rotatable bonds is 9. The third-order valence-corrected chi connectivity index (χ3v) is 3.32. The van der Waals surface area contributed by atoms with Crippen LogP contribution in [-0.2, 0) is 6.54 Å². The molecule has 0 unspecified atom stereocenters. The van der Waals surface area contributed by atoms with Crippen LogP contribution in [0.3, 0.4) is 0 Å². The lowest BCUT2D eigenvalue weighted by Crippen LogP contribution is -2.34. The monoisotopic (exact) mass is 275 g/mol. The third kappa shape index (κ3) is 6.88. The van der Waals surface area contributed by atoms with Crippen molar-refractivity contribution in [1.29, 1.82) is 0 Å². The Morgan fingerprint density at radius 2 is 1.85 bits per heavy atom. The van der Waals surface area contributed by atoms with Gasteiger partial charge in [0.25, 0.3) is 0 Å². The van der Waals surface area contributed by atoms with Crippen molar-refractivity contribution in [3.05, 3.63) is 48.0 Å². The summed E-state index contributed by atoms with van der Waals surface area (Å²) in [6.45, 7) is 12.9. The first-order valence-electron chi connectivity index (χ1n) is 7.58. The molecule has 0 saturated heterocycles. The molecule has 1 aromatic carbocycles. The molecule has 0 spiro atoms. The molecule has 1 rings (SSSR count). The number of nitrogens with zero attached hydrogens (tertiary/aromatic N) is 1. The van der Waals surface area contributed by atoms with Crippen LogP contribution in [0.25, 0.3) is 0 Å². The summed E-state index contributed by atoms with van der Waals surface area (Å²) in [6, 6.07) is 8.66. The van der Waals surface area contributed by atoms with Crippen molar-refractivity contribution in [3.8, 4) is 0 Å². The van der Waals surface area contributed by atoms with E-state index in [-0.39, 0.29) is 6.10 Å². The Morgan fingerprint density at radius 3 is 2.40 bits per heavy atom. The Balaban J connectivity index is 2.58. The molecular weight excluding hydrogens is 246 g/mol. The van der Waals surface area contributed by atoms with Crippen molar-refractivity contribution in [2.24, 2.45) is 5.92 Å². The maximum absolute atomic E-state index is 10.1. The van der Waals surface area contributed by atoms with Gasteiger partial charge in [0.05, 0.1) is 6.10 Å². The molecule has 0 bridgehead atoms. The predicted octanol–water partition coefficient (Wildman–Crippen LogP) is 3.78. The molecule has 1 aromatic rings. The van der Waals surface area contributed by atoms with Gasteiger partial charge in [-0.25, -0.2) is 0 Å². The van der Waals surface area contributed by atoms with Gasteiger partial charge in [-0.2, -0.15) is 0 Å². The summed E-state index contributed by atoms with van der Waals surface area (Å²) in [5, 5.41) is 10.1. The van der Waals surface area contributed by atoms with Gasteiger partial charge in [0.2, 0.25) is 0 Å². The van der Waals surface area contributed by atoms with E-state index in [1.54, 1.807) is 0 Å². The number of aliphatic hydroxyl groups excluding tert-OH is 1. The van der Waals surface area contributed by atoms with E-state index < -0.39 is 0 Å². The Hall–Kier alpha value is -1.12. The Bertz CT molecular complexity index is 383. The van der Waals surface area contributed by atoms with Crippen LogP contribution in [0.15, 0.2) is 36.9 Å². The lowest BCUT2D eigenvalue weighted by atomic mass is 10.1. The molecule has 0 aromatic heterocycles. The lowest BCUT2D eigenvalue weighted by molar-refractivity contribution is 0.0957. The topological polar surface area (TPSA) is 23.5 Å². The molecule has 0 aliphatic carbocycles. The van der Waals surface area contributed by atoms with Crippen LogP contribution < -0.4 is 0 Å². The van der Waals surface area contributed by atoms with E-state index in [1.807, 2.05) is 6.08 Å². The highest BCUT2D eigenvalue weighted by Gasteiger charge is 2.13. The fourth-order valence-electron chi connectivity index (χ4n) is 2.37. The van der Waals surface area contributed by atoms with Gasteiger partial charge in [0.15, 0.2) is 0 Å². The van der Waals surface area contributed by atoms with Crippen molar-refractivity contribution in [2.45, 2.75) is 46.3 Å². The van der Waals surface area contributed by atoms with E-state index in [0.29, 0.717) is 5.92 Å². The molecule has 20 heavy (non-hydrogen) atoms. The normalized spacial score (nSPS) is 12.9. The van der Waals surface area contributed by atoms with Gasteiger partial charge in [-0.1, -0.05) is 49.8 Å². The van der Waals surface area contributed by atoms with E-state index in [0.717, 1.165) is 32.5 Å². The zero-order valence-corrected chi connectivity index (χ0v) is 13.2. The average molecular weight is 275 g/mol. The summed E-state index contributed by atoms with van der Waals surface area (Å²) < 4.78 is 0. The molecule has 0 aliphatic rings. The summed E-state index contributed by atoms with van der Waals surface area (Å²) in [5.41, 5.74) is 2.60. The largest absolute Gasteiger partial charge is 0.392 e. The van der Waals surface area contributed by atoms with Crippen LogP contribution in [0.4, 0.5) is 0 Å². The standard InChI is InChI=1S/C18H29NO/c1-5-6-7-18(20)14-19(12-15(2)3)13-17-10-8-16(4)9-11-17/h5,8-11,15,18,20H,1,6-7,12-14H2,2-4H3/t18-/m1/s1. The van der Waals surface area contributed by atoms with Gasteiger partial charge in [0.1, 0.15) is 0 Å². The highest BCUT2D eigenvalue weighted by molar-refractivity contribution is 5.21. The van der Waals surface area contributed by atoms with Crippen molar-refractivity contribution < 1.29 is 5.11 Å². The fourth-order valence-corrected chi connectivity index (χ4v) is 2.37. The second-order valence-corrected chi connectivity index (χ2v) is 6.09. The van der Waals surface area contributed by atoms with Gasteiger partial charge in [-0.15, -0.1) is 6.58 Å². The molecule has 0 fully saturated rings. The van der Waals surface area contributed by atoms with Crippen molar-refractivity contribution in [3.63, 3.8) is 0 Å². The number of hydrogen-bond donors (Lipinski definition) is 1. The highest BCUT2D eigenvalue weighted by atomic mass is 16.3. The van der Waals surface area contributed by atoms with Crippen LogP contribution in [0.2, 0.25) is 0 Å². The Labute approximate surface area is 124 Å². The van der Waals surface area contributed by atoms with Gasteiger partial charge in [-0.05, 0) is 31.2 Å². The molecule has 0 heterocycles. The number of allylic oxidation sites excluding steroid dienone is 1. The number of aryl methyl sites for hydroxylation is 1. The third-order valence-electron chi connectivity index (χ3n) is 3.32. The van der Waals surface area contributed by atoms with Gasteiger partial charge < -0.3 is 5.11 Å². The molecule has 0 saturated carbocycles.